The Morgan fingerprint density at radius 2 is 1.87 bits per heavy atom. The first kappa shape index (κ1) is 15.7. The Kier molecular flexibility index (Phi) is 4.73. The maximum absolute atomic E-state index is 12.3. The molecule has 6 heteroatoms. The Hall–Kier alpha value is -2.18. The smallest absolute Gasteiger partial charge is 0.265 e. The van der Waals surface area contributed by atoms with E-state index in [2.05, 4.69) is 10.6 Å². The predicted octanol–water partition coefficient (Wildman–Crippen LogP) is 3.07. The van der Waals surface area contributed by atoms with Gasteiger partial charge in [0.25, 0.3) is 5.91 Å². The van der Waals surface area contributed by atoms with Gasteiger partial charge in [0.2, 0.25) is 5.91 Å². The third kappa shape index (κ3) is 3.78. The number of amides is 2. The highest BCUT2D eigenvalue weighted by Gasteiger charge is 2.30. The molecule has 0 radical (unpaired) electrons. The second-order valence-electron chi connectivity index (χ2n) is 5.70. The van der Waals surface area contributed by atoms with E-state index in [4.69, 9.17) is 5.73 Å². The van der Waals surface area contributed by atoms with E-state index in [0.717, 1.165) is 19.3 Å². The number of nitrogens with one attached hydrogen (secondary N) is 2. The number of benzene rings is 1. The van der Waals surface area contributed by atoms with Crippen molar-refractivity contribution in [1.29, 1.82) is 0 Å². The summed E-state index contributed by atoms with van der Waals surface area (Å²) >= 11 is 1.39. The molecule has 1 aliphatic rings. The second-order valence-corrected chi connectivity index (χ2v) is 6.65. The lowest BCUT2D eigenvalue weighted by atomic mass is 10.0. The van der Waals surface area contributed by atoms with Gasteiger partial charge in [-0.1, -0.05) is 18.6 Å². The summed E-state index contributed by atoms with van der Waals surface area (Å²) in [4.78, 5) is 25.0. The number of hydrogen-bond donors (Lipinski definition) is 3. The van der Waals surface area contributed by atoms with Crippen molar-refractivity contribution in [3.63, 3.8) is 0 Å². The summed E-state index contributed by atoms with van der Waals surface area (Å²) in [6.07, 6.45) is 2.73. The van der Waals surface area contributed by atoms with Crippen molar-refractivity contribution < 1.29 is 9.59 Å². The fraction of sp³-hybridized carbons (Fsp3) is 0.294. The zero-order chi connectivity index (χ0) is 16.2. The van der Waals surface area contributed by atoms with Gasteiger partial charge in [0.1, 0.15) is 0 Å². The van der Waals surface area contributed by atoms with E-state index in [9.17, 15) is 9.59 Å². The van der Waals surface area contributed by atoms with Crippen molar-refractivity contribution in [2.45, 2.75) is 25.3 Å². The van der Waals surface area contributed by atoms with Crippen molar-refractivity contribution in [2.75, 3.05) is 10.6 Å². The van der Waals surface area contributed by atoms with Crippen LogP contribution in [-0.4, -0.2) is 17.9 Å². The van der Waals surface area contributed by atoms with Crippen LogP contribution < -0.4 is 16.4 Å². The van der Waals surface area contributed by atoms with Crippen LogP contribution in [0.3, 0.4) is 0 Å². The molecule has 1 aromatic carbocycles. The summed E-state index contributed by atoms with van der Waals surface area (Å²) in [7, 11) is 0. The van der Waals surface area contributed by atoms with Crippen LogP contribution in [0, 0.1) is 5.92 Å². The molecule has 1 heterocycles. The standard InChI is InChI=1S/C17H19N3O2S/c18-14-7-2-6-13(14)16(21)19-11-4-1-5-12(10-11)20-17(22)15-8-3-9-23-15/h1,3-5,8-10,13-14H,2,6-7,18H2,(H,19,21)(H,20,22). The van der Waals surface area contributed by atoms with Crippen LogP contribution in [0.25, 0.3) is 0 Å². The molecule has 0 aliphatic heterocycles. The van der Waals surface area contributed by atoms with E-state index >= 15 is 0 Å². The molecule has 1 aromatic heterocycles. The fourth-order valence-electron chi connectivity index (χ4n) is 2.82. The Morgan fingerprint density at radius 1 is 1.09 bits per heavy atom. The Labute approximate surface area is 138 Å². The molecule has 4 N–H and O–H groups in total. The summed E-state index contributed by atoms with van der Waals surface area (Å²) in [6.45, 7) is 0. The predicted molar refractivity (Wildman–Crippen MR) is 92.7 cm³/mol. The summed E-state index contributed by atoms with van der Waals surface area (Å²) in [5.74, 6) is -0.322. The number of carbonyl (C=O) groups excluding carboxylic acids is 2. The van der Waals surface area contributed by atoms with Crippen molar-refractivity contribution in [3.05, 3.63) is 46.7 Å². The lowest BCUT2D eigenvalue weighted by molar-refractivity contribution is -0.120. The fourth-order valence-corrected chi connectivity index (χ4v) is 3.44. The number of nitrogens with two attached hydrogens (primary N) is 1. The summed E-state index contributed by atoms with van der Waals surface area (Å²) < 4.78 is 0. The highest BCUT2D eigenvalue weighted by atomic mass is 32.1. The van der Waals surface area contributed by atoms with Gasteiger partial charge in [-0.25, -0.2) is 0 Å². The molecular weight excluding hydrogens is 310 g/mol. The van der Waals surface area contributed by atoms with Crippen molar-refractivity contribution in [2.24, 2.45) is 11.7 Å². The van der Waals surface area contributed by atoms with E-state index < -0.39 is 0 Å². The average molecular weight is 329 g/mol. The van der Waals surface area contributed by atoms with Crippen LogP contribution in [0.2, 0.25) is 0 Å². The van der Waals surface area contributed by atoms with Crippen LogP contribution in [0.1, 0.15) is 28.9 Å². The van der Waals surface area contributed by atoms with Gasteiger partial charge < -0.3 is 16.4 Å². The molecular formula is C17H19N3O2S. The van der Waals surface area contributed by atoms with Crippen LogP contribution in [0.4, 0.5) is 11.4 Å². The monoisotopic (exact) mass is 329 g/mol. The Bertz CT molecular complexity index is 700. The topological polar surface area (TPSA) is 84.2 Å². The van der Waals surface area contributed by atoms with Crippen LogP contribution in [-0.2, 0) is 4.79 Å². The molecule has 0 bridgehead atoms. The zero-order valence-corrected chi connectivity index (χ0v) is 13.4. The number of hydrogen-bond acceptors (Lipinski definition) is 4. The first-order valence-electron chi connectivity index (χ1n) is 7.65. The SMILES string of the molecule is NC1CCCC1C(=O)Nc1cccc(NC(=O)c2cccs2)c1. The minimum Gasteiger partial charge on any atom is -0.327 e. The minimum absolute atomic E-state index is 0.0447. The lowest BCUT2D eigenvalue weighted by Crippen LogP contribution is -2.34. The number of rotatable bonds is 4. The molecule has 0 spiro atoms. The van der Waals surface area contributed by atoms with E-state index in [0.29, 0.717) is 16.3 Å². The van der Waals surface area contributed by atoms with Gasteiger partial charge in [0.15, 0.2) is 0 Å². The maximum Gasteiger partial charge on any atom is 0.265 e. The van der Waals surface area contributed by atoms with Gasteiger partial charge in [0.05, 0.1) is 10.8 Å². The molecule has 2 aromatic rings. The van der Waals surface area contributed by atoms with Crippen molar-refractivity contribution in [3.8, 4) is 0 Å². The third-order valence-electron chi connectivity index (χ3n) is 4.04. The molecule has 3 rings (SSSR count). The highest BCUT2D eigenvalue weighted by molar-refractivity contribution is 7.12. The normalized spacial score (nSPS) is 20.2. The number of anilines is 2. The van der Waals surface area contributed by atoms with Gasteiger partial charge in [-0.2, -0.15) is 0 Å². The summed E-state index contributed by atoms with van der Waals surface area (Å²) in [6, 6.07) is 10.7. The molecule has 2 amide bonds. The van der Waals surface area contributed by atoms with Crippen LogP contribution >= 0.6 is 11.3 Å². The molecule has 1 fully saturated rings. The largest absolute Gasteiger partial charge is 0.327 e. The van der Waals surface area contributed by atoms with Gasteiger partial charge in [0, 0.05) is 17.4 Å². The summed E-state index contributed by atoms with van der Waals surface area (Å²) in [5, 5.41) is 7.58. The van der Waals surface area contributed by atoms with Crippen LogP contribution in [0.15, 0.2) is 41.8 Å². The highest BCUT2D eigenvalue weighted by Crippen LogP contribution is 2.26. The third-order valence-corrected chi connectivity index (χ3v) is 4.91. The van der Waals surface area contributed by atoms with Gasteiger partial charge in [-0.15, -0.1) is 11.3 Å². The van der Waals surface area contributed by atoms with E-state index in [1.54, 1.807) is 30.3 Å². The minimum atomic E-state index is -0.152. The van der Waals surface area contributed by atoms with Crippen molar-refractivity contribution >= 4 is 34.5 Å². The Morgan fingerprint density at radius 3 is 2.52 bits per heavy atom. The van der Waals surface area contributed by atoms with E-state index in [-0.39, 0.29) is 23.8 Å². The van der Waals surface area contributed by atoms with Gasteiger partial charge in [-0.05, 0) is 42.5 Å². The quantitative estimate of drug-likeness (QED) is 0.806. The van der Waals surface area contributed by atoms with Crippen LogP contribution in [0.5, 0.6) is 0 Å². The van der Waals surface area contributed by atoms with Gasteiger partial charge in [-0.3, -0.25) is 9.59 Å². The second kappa shape index (κ2) is 6.93. The lowest BCUT2D eigenvalue weighted by Gasteiger charge is -2.15. The molecule has 1 aliphatic carbocycles. The van der Waals surface area contributed by atoms with Crippen molar-refractivity contribution in [1.82, 2.24) is 0 Å². The Balaban J connectivity index is 1.65. The number of thiophene rings is 1. The molecule has 2 atom stereocenters. The molecule has 120 valence electrons. The van der Waals surface area contributed by atoms with Gasteiger partial charge >= 0.3 is 0 Å². The zero-order valence-electron chi connectivity index (χ0n) is 12.6. The van der Waals surface area contributed by atoms with E-state index in [1.165, 1.54) is 11.3 Å². The van der Waals surface area contributed by atoms with E-state index in [1.807, 2.05) is 11.4 Å². The average Bonchev–Trinajstić information content (AvgIpc) is 3.18. The molecule has 0 saturated heterocycles. The molecule has 1 saturated carbocycles. The first-order valence-corrected chi connectivity index (χ1v) is 8.53. The maximum atomic E-state index is 12.3. The molecule has 23 heavy (non-hydrogen) atoms. The molecule has 2 unspecified atom stereocenters. The summed E-state index contributed by atoms with van der Waals surface area (Å²) in [5.41, 5.74) is 7.28. The molecule has 5 nitrogen and oxygen atoms in total. The first-order chi connectivity index (χ1) is 11.1. The number of carbonyl (C=O) groups is 2.